The molecule has 5 nitrogen and oxygen atoms in total. The zero-order chi connectivity index (χ0) is 18.0. The van der Waals surface area contributed by atoms with Crippen molar-refractivity contribution in [1.29, 1.82) is 0 Å². The summed E-state index contributed by atoms with van der Waals surface area (Å²) in [6.07, 6.45) is 3.20. The topological polar surface area (TPSA) is 61.2 Å². The van der Waals surface area contributed by atoms with E-state index in [1.165, 1.54) is 0 Å². The van der Waals surface area contributed by atoms with Crippen LogP contribution in [0.1, 0.15) is 24.2 Å². The zero-order valence-electron chi connectivity index (χ0n) is 14.0. The van der Waals surface area contributed by atoms with Crippen molar-refractivity contribution in [3.05, 3.63) is 63.7 Å². The maximum atomic E-state index is 12.7. The molecule has 0 bridgehead atoms. The Labute approximate surface area is 149 Å². The van der Waals surface area contributed by atoms with Gasteiger partial charge in [0.05, 0.1) is 12.1 Å². The van der Waals surface area contributed by atoms with Gasteiger partial charge in [-0.25, -0.2) is 9.78 Å². The molecule has 0 amide bonds. The van der Waals surface area contributed by atoms with Gasteiger partial charge in [0.25, 0.3) is 0 Å². The van der Waals surface area contributed by atoms with Crippen LogP contribution in [-0.2, 0) is 11.3 Å². The number of esters is 1. The van der Waals surface area contributed by atoms with Gasteiger partial charge >= 0.3 is 5.97 Å². The highest BCUT2D eigenvalue weighted by atomic mass is 35.5. The Morgan fingerprint density at radius 1 is 1.20 bits per heavy atom. The number of pyridine rings is 2. The van der Waals surface area contributed by atoms with Crippen molar-refractivity contribution in [2.75, 3.05) is 6.61 Å². The predicted octanol–water partition coefficient (Wildman–Crippen LogP) is 3.91. The van der Waals surface area contributed by atoms with E-state index < -0.39 is 5.97 Å². The zero-order valence-corrected chi connectivity index (χ0v) is 14.7. The van der Waals surface area contributed by atoms with E-state index in [1.807, 2.05) is 29.7 Å². The Balaban J connectivity index is 2.22. The molecule has 0 aliphatic rings. The van der Waals surface area contributed by atoms with Crippen molar-refractivity contribution >= 4 is 28.5 Å². The average molecular weight is 357 g/mol. The number of aryl methyl sites for hydroxylation is 1. The second-order valence-electron chi connectivity index (χ2n) is 5.48. The molecule has 0 saturated heterocycles. The molecular weight excluding hydrogens is 340 g/mol. The van der Waals surface area contributed by atoms with E-state index in [0.717, 1.165) is 16.6 Å². The molecule has 0 radical (unpaired) electrons. The second kappa shape index (κ2) is 7.07. The number of hydrogen-bond donors (Lipinski definition) is 0. The minimum absolute atomic E-state index is 0.0518. The smallest absolute Gasteiger partial charge is 0.343 e. The maximum Gasteiger partial charge on any atom is 0.343 e. The van der Waals surface area contributed by atoms with Crippen LogP contribution in [0.5, 0.6) is 0 Å². The molecule has 6 heteroatoms. The van der Waals surface area contributed by atoms with Crippen molar-refractivity contribution in [3.63, 3.8) is 0 Å². The lowest BCUT2D eigenvalue weighted by molar-refractivity contribution is 0.0524. The summed E-state index contributed by atoms with van der Waals surface area (Å²) in [7, 11) is 0. The van der Waals surface area contributed by atoms with Crippen LogP contribution in [0.3, 0.4) is 0 Å². The minimum Gasteiger partial charge on any atom is -0.462 e. The van der Waals surface area contributed by atoms with E-state index in [0.29, 0.717) is 17.1 Å². The van der Waals surface area contributed by atoms with Gasteiger partial charge in [0.2, 0.25) is 5.43 Å². The molecule has 3 rings (SSSR count). The first-order valence-electron chi connectivity index (χ1n) is 8.01. The summed E-state index contributed by atoms with van der Waals surface area (Å²) in [6.45, 7) is 4.51. The average Bonchev–Trinajstić information content (AvgIpc) is 2.62. The molecule has 0 atom stereocenters. The van der Waals surface area contributed by atoms with Gasteiger partial charge in [0, 0.05) is 24.3 Å². The van der Waals surface area contributed by atoms with Gasteiger partial charge in [0.1, 0.15) is 10.7 Å². The third kappa shape index (κ3) is 3.28. The van der Waals surface area contributed by atoms with E-state index in [4.69, 9.17) is 16.3 Å². The van der Waals surface area contributed by atoms with E-state index in [2.05, 4.69) is 4.98 Å². The SMILES string of the molecule is CCOC(=O)c1cn(CC)c2cc(-c3ccnc(Cl)c3)ccc2c1=O. The van der Waals surface area contributed by atoms with E-state index in [1.54, 1.807) is 31.5 Å². The lowest BCUT2D eigenvalue weighted by atomic mass is 10.0. The second-order valence-corrected chi connectivity index (χ2v) is 5.86. The number of fused-ring (bicyclic) bond motifs is 1. The van der Waals surface area contributed by atoms with Crippen LogP contribution >= 0.6 is 11.6 Å². The quantitative estimate of drug-likeness (QED) is 0.525. The van der Waals surface area contributed by atoms with Crippen molar-refractivity contribution in [2.24, 2.45) is 0 Å². The fraction of sp³-hybridized carbons (Fsp3) is 0.211. The Kier molecular flexibility index (Phi) is 4.86. The molecule has 3 aromatic rings. The predicted molar refractivity (Wildman–Crippen MR) is 98.1 cm³/mol. The number of aromatic nitrogens is 2. The first-order chi connectivity index (χ1) is 12.0. The Bertz CT molecular complexity index is 1010. The van der Waals surface area contributed by atoms with Gasteiger partial charge in [-0.05, 0) is 49.2 Å². The third-order valence-electron chi connectivity index (χ3n) is 3.98. The van der Waals surface area contributed by atoms with Crippen LogP contribution < -0.4 is 5.43 Å². The van der Waals surface area contributed by atoms with Gasteiger partial charge < -0.3 is 9.30 Å². The summed E-state index contributed by atoms with van der Waals surface area (Å²) in [5.41, 5.74) is 2.31. The van der Waals surface area contributed by atoms with Gasteiger partial charge in [-0.15, -0.1) is 0 Å². The van der Waals surface area contributed by atoms with Crippen LogP contribution in [0.2, 0.25) is 5.15 Å². The molecule has 1 aromatic carbocycles. The highest BCUT2D eigenvalue weighted by molar-refractivity contribution is 6.29. The van der Waals surface area contributed by atoms with Gasteiger partial charge in [-0.2, -0.15) is 0 Å². The summed E-state index contributed by atoms with van der Waals surface area (Å²) in [5, 5.41) is 0.888. The number of benzene rings is 1. The lowest BCUT2D eigenvalue weighted by Gasteiger charge is -2.12. The molecule has 2 heterocycles. The molecule has 0 N–H and O–H groups in total. The summed E-state index contributed by atoms with van der Waals surface area (Å²) in [4.78, 5) is 28.7. The van der Waals surface area contributed by atoms with Gasteiger partial charge in [0.15, 0.2) is 0 Å². The normalized spacial score (nSPS) is 10.8. The highest BCUT2D eigenvalue weighted by Gasteiger charge is 2.16. The largest absolute Gasteiger partial charge is 0.462 e. The number of rotatable bonds is 4. The first kappa shape index (κ1) is 17.2. The molecular formula is C19H17ClN2O3. The maximum absolute atomic E-state index is 12.7. The highest BCUT2D eigenvalue weighted by Crippen LogP contribution is 2.25. The summed E-state index contributed by atoms with van der Waals surface area (Å²) in [6, 6.07) is 9.11. The molecule has 0 saturated carbocycles. The molecule has 0 fully saturated rings. The fourth-order valence-electron chi connectivity index (χ4n) is 2.77. The van der Waals surface area contributed by atoms with Gasteiger partial charge in [-0.3, -0.25) is 4.79 Å². The summed E-state index contributed by atoms with van der Waals surface area (Å²) in [5.74, 6) is -0.596. The van der Waals surface area contributed by atoms with Crippen LogP contribution in [0, 0.1) is 0 Å². The van der Waals surface area contributed by atoms with E-state index >= 15 is 0 Å². The Morgan fingerprint density at radius 3 is 2.64 bits per heavy atom. The minimum atomic E-state index is -0.596. The summed E-state index contributed by atoms with van der Waals surface area (Å²) >= 11 is 5.96. The third-order valence-corrected chi connectivity index (χ3v) is 4.18. The standard InChI is InChI=1S/C19H17ClN2O3/c1-3-22-11-15(19(24)25-4-2)18(23)14-6-5-12(9-16(14)22)13-7-8-21-17(20)10-13/h5-11H,3-4H2,1-2H3. The van der Waals surface area contributed by atoms with Crippen molar-refractivity contribution in [2.45, 2.75) is 20.4 Å². The number of hydrogen-bond acceptors (Lipinski definition) is 4. The Morgan fingerprint density at radius 2 is 1.96 bits per heavy atom. The molecule has 2 aromatic heterocycles. The van der Waals surface area contributed by atoms with E-state index in [9.17, 15) is 9.59 Å². The summed E-state index contributed by atoms with van der Waals surface area (Å²) < 4.78 is 6.86. The van der Waals surface area contributed by atoms with E-state index in [-0.39, 0.29) is 17.6 Å². The monoisotopic (exact) mass is 356 g/mol. The molecule has 128 valence electrons. The molecule has 0 unspecified atom stereocenters. The fourth-order valence-corrected chi connectivity index (χ4v) is 2.94. The van der Waals surface area contributed by atoms with Crippen LogP contribution in [0.25, 0.3) is 22.0 Å². The first-order valence-corrected chi connectivity index (χ1v) is 8.39. The molecule has 0 aliphatic heterocycles. The number of nitrogens with zero attached hydrogens (tertiary/aromatic N) is 2. The molecule has 0 aliphatic carbocycles. The van der Waals surface area contributed by atoms with Crippen LogP contribution in [0.4, 0.5) is 0 Å². The lowest BCUT2D eigenvalue weighted by Crippen LogP contribution is -2.20. The molecule has 25 heavy (non-hydrogen) atoms. The number of carbonyl (C=O) groups is 1. The van der Waals surface area contributed by atoms with Crippen molar-refractivity contribution < 1.29 is 9.53 Å². The van der Waals surface area contributed by atoms with Crippen LogP contribution in [-0.4, -0.2) is 22.1 Å². The van der Waals surface area contributed by atoms with Crippen molar-refractivity contribution in [3.8, 4) is 11.1 Å². The number of halogens is 1. The van der Waals surface area contributed by atoms with Crippen LogP contribution in [0.15, 0.2) is 47.5 Å². The van der Waals surface area contributed by atoms with Crippen molar-refractivity contribution in [1.82, 2.24) is 9.55 Å². The molecule has 0 spiro atoms. The number of ether oxygens (including phenoxy) is 1. The van der Waals surface area contributed by atoms with Gasteiger partial charge in [-0.1, -0.05) is 17.7 Å². The Hall–Kier alpha value is -2.66. The number of carbonyl (C=O) groups excluding carboxylic acids is 1.